The lowest BCUT2D eigenvalue weighted by Gasteiger charge is -2.13. The molecule has 0 saturated carbocycles. The average Bonchev–Trinajstić information content (AvgIpc) is 3.18. The Kier molecular flexibility index (Phi) is 4.29. The van der Waals surface area contributed by atoms with E-state index in [0.717, 1.165) is 29.7 Å². The standard InChI is InChI=1S/C21H22N2O3/c1-13-3-5-15(6-4-13)26-12-21(24)22-14-9-17-18-11-16(25-2)7-8-19(18)23-20(17)10-14/h3-8,11,14,23H,9-10,12H2,1-2H3,(H,22,24). The molecule has 0 spiro atoms. The topological polar surface area (TPSA) is 63.3 Å². The van der Waals surface area contributed by atoms with Crippen LogP contribution in [0.3, 0.4) is 0 Å². The Labute approximate surface area is 152 Å². The predicted octanol–water partition coefficient (Wildman–Crippen LogP) is 3.15. The minimum Gasteiger partial charge on any atom is -0.497 e. The molecule has 2 N–H and O–H groups in total. The van der Waals surface area contributed by atoms with Crippen molar-refractivity contribution in [2.75, 3.05) is 13.7 Å². The number of amides is 1. The summed E-state index contributed by atoms with van der Waals surface area (Å²) >= 11 is 0. The Hall–Kier alpha value is -2.95. The minimum absolute atomic E-state index is 0.0298. The van der Waals surface area contributed by atoms with Crippen LogP contribution in [0.4, 0.5) is 0 Å². The fourth-order valence-corrected chi connectivity index (χ4v) is 3.54. The van der Waals surface area contributed by atoms with Crippen molar-refractivity contribution in [2.45, 2.75) is 25.8 Å². The molecule has 1 aromatic heterocycles. The molecule has 0 bridgehead atoms. The first-order valence-corrected chi connectivity index (χ1v) is 8.78. The van der Waals surface area contributed by atoms with Crippen LogP contribution in [-0.4, -0.2) is 30.6 Å². The Bertz CT molecular complexity index is 944. The quantitative estimate of drug-likeness (QED) is 0.743. The maximum atomic E-state index is 12.2. The normalized spacial score (nSPS) is 15.7. The second-order valence-electron chi connectivity index (χ2n) is 6.77. The molecular weight excluding hydrogens is 328 g/mol. The van der Waals surface area contributed by atoms with Gasteiger partial charge in [0.15, 0.2) is 6.61 Å². The van der Waals surface area contributed by atoms with E-state index < -0.39 is 0 Å². The number of nitrogens with one attached hydrogen (secondary N) is 2. The van der Waals surface area contributed by atoms with Gasteiger partial charge in [-0.1, -0.05) is 17.7 Å². The van der Waals surface area contributed by atoms with Crippen molar-refractivity contribution < 1.29 is 14.3 Å². The second kappa shape index (κ2) is 6.75. The Morgan fingerprint density at radius 3 is 2.69 bits per heavy atom. The van der Waals surface area contributed by atoms with Gasteiger partial charge in [0, 0.05) is 29.1 Å². The number of fused-ring (bicyclic) bond motifs is 3. The van der Waals surface area contributed by atoms with Gasteiger partial charge in [-0.25, -0.2) is 0 Å². The van der Waals surface area contributed by atoms with Crippen LogP contribution in [0.25, 0.3) is 10.9 Å². The largest absolute Gasteiger partial charge is 0.497 e. The number of carbonyl (C=O) groups excluding carboxylic acids is 1. The molecule has 2 aromatic carbocycles. The summed E-state index contributed by atoms with van der Waals surface area (Å²) in [6.07, 6.45) is 1.63. The van der Waals surface area contributed by atoms with Crippen LogP contribution in [0.5, 0.6) is 11.5 Å². The fourth-order valence-electron chi connectivity index (χ4n) is 3.54. The molecule has 3 aromatic rings. The first-order valence-electron chi connectivity index (χ1n) is 8.78. The third kappa shape index (κ3) is 3.25. The van der Waals surface area contributed by atoms with Gasteiger partial charge in [-0.3, -0.25) is 4.79 Å². The lowest BCUT2D eigenvalue weighted by Crippen LogP contribution is -2.38. The second-order valence-corrected chi connectivity index (χ2v) is 6.77. The van der Waals surface area contributed by atoms with Gasteiger partial charge in [0.2, 0.25) is 0 Å². The molecule has 0 radical (unpaired) electrons. The fraction of sp³-hybridized carbons (Fsp3) is 0.286. The maximum Gasteiger partial charge on any atom is 0.258 e. The van der Waals surface area contributed by atoms with Crippen molar-refractivity contribution >= 4 is 16.8 Å². The smallest absolute Gasteiger partial charge is 0.258 e. The Morgan fingerprint density at radius 1 is 1.15 bits per heavy atom. The molecule has 134 valence electrons. The van der Waals surface area contributed by atoms with Crippen LogP contribution in [0.1, 0.15) is 16.8 Å². The van der Waals surface area contributed by atoms with Crippen LogP contribution in [0.15, 0.2) is 42.5 Å². The van der Waals surface area contributed by atoms with E-state index in [0.29, 0.717) is 5.75 Å². The molecule has 1 aliphatic rings. The van der Waals surface area contributed by atoms with E-state index in [9.17, 15) is 4.79 Å². The van der Waals surface area contributed by atoms with E-state index in [1.165, 1.54) is 16.6 Å². The van der Waals surface area contributed by atoms with E-state index in [2.05, 4.69) is 16.4 Å². The molecule has 1 unspecified atom stereocenters. The van der Waals surface area contributed by atoms with Gasteiger partial charge < -0.3 is 19.8 Å². The summed E-state index contributed by atoms with van der Waals surface area (Å²) in [6, 6.07) is 13.8. The number of H-pyrrole nitrogens is 1. The summed E-state index contributed by atoms with van der Waals surface area (Å²) in [6.45, 7) is 2.05. The van der Waals surface area contributed by atoms with Crippen LogP contribution in [0.2, 0.25) is 0 Å². The molecule has 26 heavy (non-hydrogen) atoms. The van der Waals surface area contributed by atoms with Crippen molar-refractivity contribution in [1.29, 1.82) is 0 Å². The minimum atomic E-state index is -0.0948. The number of hydrogen-bond acceptors (Lipinski definition) is 3. The Morgan fingerprint density at radius 2 is 1.92 bits per heavy atom. The first-order chi connectivity index (χ1) is 12.6. The lowest BCUT2D eigenvalue weighted by atomic mass is 10.1. The van der Waals surface area contributed by atoms with Crippen molar-refractivity contribution in [3.05, 3.63) is 59.3 Å². The highest BCUT2D eigenvalue weighted by Crippen LogP contribution is 2.32. The van der Waals surface area contributed by atoms with Gasteiger partial charge >= 0.3 is 0 Å². The number of aromatic amines is 1. The number of aryl methyl sites for hydroxylation is 1. The molecule has 5 nitrogen and oxygen atoms in total. The first kappa shape index (κ1) is 16.5. The van der Waals surface area contributed by atoms with E-state index >= 15 is 0 Å². The van der Waals surface area contributed by atoms with Crippen molar-refractivity contribution in [2.24, 2.45) is 0 Å². The predicted molar refractivity (Wildman–Crippen MR) is 101 cm³/mol. The number of aromatic nitrogens is 1. The summed E-state index contributed by atoms with van der Waals surface area (Å²) in [5.41, 5.74) is 4.74. The summed E-state index contributed by atoms with van der Waals surface area (Å²) < 4.78 is 10.9. The third-order valence-electron chi connectivity index (χ3n) is 4.86. The molecule has 0 saturated heterocycles. The van der Waals surface area contributed by atoms with Gasteiger partial charge in [-0.05, 0) is 49.2 Å². The van der Waals surface area contributed by atoms with E-state index in [1.54, 1.807) is 7.11 Å². The third-order valence-corrected chi connectivity index (χ3v) is 4.86. The van der Waals surface area contributed by atoms with Crippen molar-refractivity contribution in [3.8, 4) is 11.5 Å². The maximum absolute atomic E-state index is 12.2. The zero-order valence-electron chi connectivity index (χ0n) is 15.0. The highest BCUT2D eigenvalue weighted by Gasteiger charge is 2.26. The molecule has 5 heteroatoms. The number of hydrogen-bond donors (Lipinski definition) is 2. The number of carbonyl (C=O) groups is 1. The van der Waals surface area contributed by atoms with Gasteiger partial charge in [0.25, 0.3) is 5.91 Å². The van der Waals surface area contributed by atoms with Crippen molar-refractivity contribution in [3.63, 3.8) is 0 Å². The van der Waals surface area contributed by atoms with E-state index in [1.807, 2.05) is 43.3 Å². The van der Waals surface area contributed by atoms with Crippen LogP contribution in [0, 0.1) is 6.92 Å². The zero-order valence-corrected chi connectivity index (χ0v) is 15.0. The van der Waals surface area contributed by atoms with E-state index in [-0.39, 0.29) is 18.6 Å². The van der Waals surface area contributed by atoms with Crippen LogP contribution in [-0.2, 0) is 17.6 Å². The number of ether oxygens (including phenoxy) is 2. The number of rotatable bonds is 5. The Balaban J connectivity index is 1.37. The van der Waals surface area contributed by atoms with Gasteiger partial charge in [-0.15, -0.1) is 0 Å². The van der Waals surface area contributed by atoms with Crippen molar-refractivity contribution in [1.82, 2.24) is 10.3 Å². The summed E-state index contributed by atoms with van der Waals surface area (Å²) in [7, 11) is 1.67. The molecular formula is C21H22N2O3. The van der Waals surface area contributed by atoms with Gasteiger partial charge in [0.1, 0.15) is 11.5 Å². The summed E-state index contributed by atoms with van der Waals surface area (Å²) in [5.74, 6) is 1.46. The van der Waals surface area contributed by atoms with E-state index in [4.69, 9.17) is 9.47 Å². The summed E-state index contributed by atoms with van der Waals surface area (Å²) in [5, 5.41) is 4.24. The van der Waals surface area contributed by atoms with Crippen LogP contribution < -0.4 is 14.8 Å². The SMILES string of the molecule is COc1ccc2[nH]c3c(c2c1)CC(NC(=O)COc1ccc(C)cc1)C3. The lowest BCUT2D eigenvalue weighted by molar-refractivity contribution is -0.123. The number of benzene rings is 2. The monoisotopic (exact) mass is 350 g/mol. The summed E-state index contributed by atoms with van der Waals surface area (Å²) in [4.78, 5) is 15.7. The molecule has 1 aliphatic carbocycles. The molecule has 0 aliphatic heterocycles. The van der Waals surface area contributed by atoms with Gasteiger partial charge in [0.05, 0.1) is 7.11 Å². The van der Waals surface area contributed by atoms with Crippen LogP contribution >= 0.6 is 0 Å². The highest BCUT2D eigenvalue weighted by atomic mass is 16.5. The number of methoxy groups -OCH3 is 1. The average molecular weight is 350 g/mol. The van der Waals surface area contributed by atoms with Gasteiger partial charge in [-0.2, -0.15) is 0 Å². The molecule has 1 amide bonds. The molecule has 4 rings (SSSR count). The molecule has 1 heterocycles. The molecule has 0 fully saturated rings. The highest BCUT2D eigenvalue weighted by molar-refractivity contribution is 5.87. The zero-order chi connectivity index (χ0) is 18.1. The molecule has 1 atom stereocenters.